The van der Waals surface area contributed by atoms with E-state index in [9.17, 15) is 0 Å². The maximum absolute atomic E-state index is 2.60. The van der Waals surface area contributed by atoms with Crippen molar-refractivity contribution in [3.8, 4) is 0 Å². The van der Waals surface area contributed by atoms with Gasteiger partial charge >= 0.3 is 0 Å². The monoisotopic (exact) mass is 208 g/mol. The molecule has 0 aliphatic heterocycles. The summed E-state index contributed by atoms with van der Waals surface area (Å²) in [6.07, 6.45) is 13.4. The highest BCUT2D eigenvalue weighted by Crippen LogP contribution is 2.57. The Morgan fingerprint density at radius 3 is 1.93 bits per heavy atom. The summed E-state index contributed by atoms with van der Waals surface area (Å²) in [5.41, 5.74) is 1.24. The molecular formula is C15H28. The van der Waals surface area contributed by atoms with Crippen LogP contribution >= 0.6 is 0 Å². The van der Waals surface area contributed by atoms with E-state index < -0.39 is 0 Å². The maximum Gasteiger partial charge on any atom is -0.0246 e. The lowest BCUT2D eigenvalue weighted by molar-refractivity contribution is -0.0372. The van der Waals surface area contributed by atoms with Gasteiger partial charge in [0.2, 0.25) is 0 Å². The fourth-order valence-corrected chi connectivity index (χ4v) is 4.18. The predicted octanol–water partition coefficient (Wildman–Crippen LogP) is 5.17. The van der Waals surface area contributed by atoms with Crippen molar-refractivity contribution >= 4 is 0 Å². The third-order valence-electron chi connectivity index (χ3n) is 5.80. The SMILES string of the molecule is CC1(C)CCCCC1(C)C1CCCCC1. The Balaban J connectivity index is 2.14. The van der Waals surface area contributed by atoms with Gasteiger partial charge in [-0.05, 0) is 42.4 Å². The molecule has 0 bridgehead atoms. The molecule has 2 aliphatic rings. The van der Waals surface area contributed by atoms with E-state index in [4.69, 9.17) is 0 Å². The van der Waals surface area contributed by atoms with Crippen LogP contribution in [0.4, 0.5) is 0 Å². The molecule has 0 aromatic rings. The van der Waals surface area contributed by atoms with Crippen molar-refractivity contribution in [2.75, 3.05) is 0 Å². The summed E-state index contributed by atoms with van der Waals surface area (Å²) in [6, 6.07) is 0. The maximum atomic E-state index is 2.60. The second-order valence-electron chi connectivity index (χ2n) is 6.84. The Hall–Kier alpha value is 0. The molecule has 2 fully saturated rings. The summed E-state index contributed by atoms with van der Waals surface area (Å²) in [5, 5.41) is 0. The van der Waals surface area contributed by atoms with Gasteiger partial charge in [0.25, 0.3) is 0 Å². The summed E-state index contributed by atoms with van der Waals surface area (Å²) >= 11 is 0. The van der Waals surface area contributed by atoms with Crippen LogP contribution in [0.3, 0.4) is 0 Å². The Kier molecular flexibility index (Phi) is 3.14. The Bertz CT molecular complexity index is 210. The molecule has 0 heteroatoms. The first-order valence-electron chi connectivity index (χ1n) is 7.06. The number of hydrogen-bond donors (Lipinski definition) is 0. The normalized spacial score (nSPS) is 37.8. The van der Waals surface area contributed by atoms with Crippen molar-refractivity contribution in [2.45, 2.75) is 78.6 Å². The van der Waals surface area contributed by atoms with Gasteiger partial charge in [-0.25, -0.2) is 0 Å². The van der Waals surface area contributed by atoms with Crippen LogP contribution in [0.5, 0.6) is 0 Å². The quantitative estimate of drug-likeness (QED) is 0.557. The molecule has 0 aromatic heterocycles. The lowest BCUT2D eigenvalue weighted by Crippen LogP contribution is -2.44. The zero-order chi connectivity index (χ0) is 10.9. The van der Waals surface area contributed by atoms with Crippen LogP contribution in [-0.2, 0) is 0 Å². The van der Waals surface area contributed by atoms with Crippen molar-refractivity contribution in [1.82, 2.24) is 0 Å². The molecule has 1 atom stereocenters. The molecule has 0 aromatic carbocycles. The van der Waals surface area contributed by atoms with Gasteiger partial charge in [0.15, 0.2) is 0 Å². The molecule has 2 aliphatic carbocycles. The predicted molar refractivity (Wildman–Crippen MR) is 66.9 cm³/mol. The topological polar surface area (TPSA) is 0 Å². The fraction of sp³-hybridized carbons (Fsp3) is 1.00. The third-order valence-corrected chi connectivity index (χ3v) is 5.80. The highest BCUT2D eigenvalue weighted by Gasteiger charge is 2.47. The molecule has 0 spiro atoms. The van der Waals surface area contributed by atoms with E-state index in [1.165, 1.54) is 57.8 Å². The minimum atomic E-state index is 0.591. The summed E-state index contributed by atoms with van der Waals surface area (Å²) < 4.78 is 0. The second-order valence-corrected chi connectivity index (χ2v) is 6.84. The third kappa shape index (κ3) is 1.97. The standard InChI is InChI=1S/C15H28/c1-14(2)11-7-8-12-15(14,3)13-9-5-4-6-10-13/h13H,4-12H2,1-3H3. The lowest BCUT2D eigenvalue weighted by Gasteiger charge is -2.54. The van der Waals surface area contributed by atoms with Crippen molar-refractivity contribution in [2.24, 2.45) is 16.7 Å². The van der Waals surface area contributed by atoms with Gasteiger partial charge in [-0.2, -0.15) is 0 Å². The highest BCUT2D eigenvalue weighted by molar-refractivity contribution is 4.97. The van der Waals surface area contributed by atoms with E-state index in [0.717, 1.165) is 5.92 Å². The Morgan fingerprint density at radius 1 is 0.733 bits per heavy atom. The van der Waals surface area contributed by atoms with E-state index in [-0.39, 0.29) is 0 Å². The summed E-state index contributed by atoms with van der Waals surface area (Å²) in [6.45, 7) is 7.66. The van der Waals surface area contributed by atoms with Gasteiger partial charge in [-0.1, -0.05) is 52.9 Å². The van der Waals surface area contributed by atoms with Crippen LogP contribution in [0.2, 0.25) is 0 Å². The first kappa shape index (κ1) is 11.5. The summed E-state index contributed by atoms with van der Waals surface area (Å²) in [7, 11) is 0. The number of hydrogen-bond acceptors (Lipinski definition) is 0. The average molecular weight is 208 g/mol. The molecule has 0 amide bonds. The van der Waals surface area contributed by atoms with Crippen LogP contribution in [0.1, 0.15) is 78.6 Å². The Morgan fingerprint density at radius 2 is 1.33 bits per heavy atom. The van der Waals surface area contributed by atoms with E-state index in [1.54, 1.807) is 0 Å². The molecule has 2 rings (SSSR count). The van der Waals surface area contributed by atoms with Crippen LogP contribution in [0, 0.1) is 16.7 Å². The largest absolute Gasteiger partial charge is 0.0594 e. The van der Waals surface area contributed by atoms with Gasteiger partial charge in [-0.3, -0.25) is 0 Å². The molecule has 0 N–H and O–H groups in total. The molecule has 0 heterocycles. The molecule has 0 saturated heterocycles. The van der Waals surface area contributed by atoms with Crippen molar-refractivity contribution in [3.63, 3.8) is 0 Å². The zero-order valence-electron chi connectivity index (χ0n) is 10.9. The van der Waals surface area contributed by atoms with Crippen LogP contribution in [-0.4, -0.2) is 0 Å². The smallest absolute Gasteiger partial charge is 0.0246 e. The van der Waals surface area contributed by atoms with Gasteiger partial charge in [0.1, 0.15) is 0 Å². The van der Waals surface area contributed by atoms with Crippen molar-refractivity contribution in [1.29, 1.82) is 0 Å². The lowest BCUT2D eigenvalue weighted by atomic mass is 9.51. The van der Waals surface area contributed by atoms with E-state index >= 15 is 0 Å². The first-order valence-corrected chi connectivity index (χ1v) is 7.06. The fourth-order valence-electron chi connectivity index (χ4n) is 4.18. The van der Waals surface area contributed by atoms with Crippen LogP contribution in [0.15, 0.2) is 0 Å². The minimum absolute atomic E-state index is 0.591. The van der Waals surface area contributed by atoms with Gasteiger partial charge in [-0.15, -0.1) is 0 Å². The second kappa shape index (κ2) is 4.11. The van der Waals surface area contributed by atoms with Crippen molar-refractivity contribution < 1.29 is 0 Å². The average Bonchev–Trinajstić information content (AvgIpc) is 2.24. The zero-order valence-corrected chi connectivity index (χ0v) is 10.9. The highest BCUT2D eigenvalue weighted by atomic mass is 14.5. The van der Waals surface area contributed by atoms with E-state index in [1.807, 2.05) is 0 Å². The van der Waals surface area contributed by atoms with Crippen molar-refractivity contribution in [3.05, 3.63) is 0 Å². The Labute approximate surface area is 95.8 Å². The summed E-state index contributed by atoms with van der Waals surface area (Å²) in [5.74, 6) is 1.03. The van der Waals surface area contributed by atoms with Gasteiger partial charge in [0.05, 0.1) is 0 Å². The van der Waals surface area contributed by atoms with E-state index in [2.05, 4.69) is 20.8 Å². The van der Waals surface area contributed by atoms with Gasteiger partial charge < -0.3 is 0 Å². The molecule has 88 valence electrons. The van der Waals surface area contributed by atoms with Gasteiger partial charge in [0, 0.05) is 0 Å². The van der Waals surface area contributed by atoms with Crippen LogP contribution in [0.25, 0.3) is 0 Å². The number of rotatable bonds is 1. The molecule has 15 heavy (non-hydrogen) atoms. The van der Waals surface area contributed by atoms with Crippen LogP contribution < -0.4 is 0 Å². The first-order chi connectivity index (χ1) is 7.06. The van der Waals surface area contributed by atoms with E-state index in [0.29, 0.717) is 10.8 Å². The summed E-state index contributed by atoms with van der Waals surface area (Å²) in [4.78, 5) is 0. The minimum Gasteiger partial charge on any atom is -0.0594 e. The molecule has 0 radical (unpaired) electrons. The molecule has 0 nitrogen and oxygen atoms in total. The molecular weight excluding hydrogens is 180 g/mol. The molecule has 1 unspecified atom stereocenters. The molecule has 2 saturated carbocycles.